The van der Waals surface area contributed by atoms with E-state index in [1.807, 2.05) is 0 Å². The van der Waals surface area contributed by atoms with Crippen LogP contribution in [-0.2, 0) is 0 Å². The van der Waals surface area contributed by atoms with Gasteiger partial charge in [-0.2, -0.15) is 0 Å². The molecule has 0 spiro atoms. The number of halogens is 3. The quantitative estimate of drug-likeness (QED) is 0.309. The molecule has 0 rings (SSSR count). The van der Waals surface area contributed by atoms with Crippen LogP contribution in [0, 0.1) is 0 Å². The lowest BCUT2D eigenvalue weighted by molar-refractivity contribution is 0.692. The second-order valence-electron chi connectivity index (χ2n) is 0.399. The summed E-state index contributed by atoms with van der Waals surface area (Å²) in [5.41, 5.74) is 0. The Hall–Kier alpha value is -0.123. The predicted molar refractivity (Wildman–Crippen MR) is 15.1 cm³/mol. The first-order valence-electron chi connectivity index (χ1n) is 0.885. The van der Waals surface area contributed by atoms with Gasteiger partial charge < -0.3 is 0 Å². The molecule has 0 saturated heterocycles. The highest BCUT2D eigenvalue weighted by Crippen LogP contribution is 1.67. The van der Waals surface area contributed by atoms with Gasteiger partial charge in [-0.05, 0) is 0 Å². The van der Waals surface area contributed by atoms with Crippen LogP contribution in [-0.4, -0.2) is 15.0 Å². The van der Waals surface area contributed by atoms with Crippen molar-refractivity contribution in [3.05, 3.63) is 0 Å². The maximum absolute atomic E-state index is 10.4. The van der Waals surface area contributed by atoms with Gasteiger partial charge in [0, 0.05) is 0 Å². The van der Waals surface area contributed by atoms with E-state index in [1.54, 1.807) is 0 Å². The molecule has 0 fully saturated rings. The van der Waals surface area contributed by atoms with Crippen LogP contribution in [0.4, 0.5) is 12.6 Å². The molecule has 0 aromatic heterocycles. The van der Waals surface area contributed by atoms with E-state index in [-0.39, 0.29) is 0 Å². The predicted octanol–water partition coefficient (Wildman–Crippen LogP) is 0.725. The lowest BCUT2D eigenvalue weighted by Gasteiger charge is -1.56. The Labute approximate surface area is 28.8 Å². The van der Waals surface area contributed by atoms with Crippen molar-refractivity contribution in [1.82, 2.24) is 0 Å². The Morgan fingerprint density at radius 2 is 1.60 bits per heavy atom. The van der Waals surface area contributed by atoms with Crippen LogP contribution in [0.5, 0.6) is 0 Å². The van der Waals surface area contributed by atoms with E-state index in [0.29, 0.717) is 0 Å². The van der Waals surface area contributed by atoms with E-state index in [2.05, 4.69) is 0 Å². The minimum atomic E-state index is -3.67. The maximum Gasteiger partial charge on any atom is 0.467 e. The van der Waals surface area contributed by atoms with Gasteiger partial charge in [0.1, 0.15) is 5.93 Å². The van der Waals surface area contributed by atoms with E-state index >= 15 is 0 Å². The van der Waals surface area contributed by atoms with E-state index in [0.717, 1.165) is 0 Å². The topological polar surface area (TPSA) is 0 Å². The zero-order valence-electron chi connectivity index (χ0n) is 2.21. The standard InChI is InChI=1S/CHF3Si/c2-1-5(3)4/h1H. The third kappa shape index (κ3) is 3.88. The van der Waals surface area contributed by atoms with Crippen LogP contribution >= 0.6 is 0 Å². The molecule has 0 unspecified atom stereocenters. The molecule has 0 radical (unpaired) electrons. The molecular formula is CHF3Si. The van der Waals surface area contributed by atoms with Crippen molar-refractivity contribution >= 4 is 15.0 Å². The van der Waals surface area contributed by atoms with Crippen LogP contribution < -0.4 is 0 Å². The van der Waals surface area contributed by atoms with Gasteiger partial charge in [0.25, 0.3) is 0 Å². The Balaban J connectivity index is 3.14. The first-order valence-corrected chi connectivity index (χ1v) is 2.22. The van der Waals surface area contributed by atoms with Crippen molar-refractivity contribution in [2.45, 2.75) is 0 Å². The molecule has 4 heteroatoms. The fourth-order valence-corrected chi connectivity index (χ4v) is 0. The lowest BCUT2D eigenvalue weighted by atomic mass is 11.8. The van der Waals surface area contributed by atoms with Gasteiger partial charge in [-0.1, -0.05) is 0 Å². The first kappa shape index (κ1) is 4.88. The molecule has 0 nitrogen and oxygen atoms in total. The Bertz CT molecular complexity index is 44.9. The molecule has 0 aromatic rings. The third-order valence-corrected chi connectivity index (χ3v) is 0.247. The summed E-state index contributed by atoms with van der Waals surface area (Å²) in [6.07, 6.45) is 0. The Morgan fingerprint density at radius 1 is 1.40 bits per heavy atom. The summed E-state index contributed by atoms with van der Waals surface area (Å²) in [7, 11) is -3.67. The fraction of sp³-hybridized carbons (Fsp3) is 0. The summed E-state index contributed by atoms with van der Waals surface area (Å²) in [6, 6.07) is 0. The van der Waals surface area contributed by atoms with E-state index in [1.165, 1.54) is 0 Å². The van der Waals surface area contributed by atoms with E-state index in [9.17, 15) is 12.6 Å². The number of hydrogen-bond acceptors (Lipinski definition) is 0. The number of rotatable bonds is 0. The van der Waals surface area contributed by atoms with Gasteiger partial charge in [-0.15, -0.1) is 0 Å². The largest absolute Gasteiger partial charge is 0.467 e. The number of hydrogen-bond donors (Lipinski definition) is 0. The van der Waals surface area contributed by atoms with E-state index < -0.39 is 15.0 Å². The lowest BCUT2D eigenvalue weighted by Crippen LogP contribution is -1.77. The minimum Gasteiger partial charge on any atom is -0.238 e. The van der Waals surface area contributed by atoms with Gasteiger partial charge in [0.05, 0.1) is 0 Å². The molecular weight excluding hydrogens is 97.1 g/mol. The van der Waals surface area contributed by atoms with Crippen LogP contribution in [0.15, 0.2) is 0 Å². The van der Waals surface area contributed by atoms with Gasteiger partial charge >= 0.3 is 9.08 Å². The average molecular weight is 98.1 g/mol. The van der Waals surface area contributed by atoms with Crippen LogP contribution in [0.25, 0.3) is 0 Å². The Kier molecular flexibility index (Phi) is 2.08. The zero-order chi connectivity index (χ0) is 4.28. The van der Waals surface area contributed by atoms with Gasteiger partial charge in [-0.3, -0.25) is 0 Å². The van der Waals surface area contributed by atoms with Crippen molar-refractivity contribution in [1.29, 1.82) is 0 Å². The fourth-order valence-electron chi connectivity index (χ4n) is 0. The summed E-state index contributed by atoms with van der Waals surface area (Å²) in [5.74, 6) is -0.565. The second-order valence-corrected chi connectivity index (χ2v) is 1.20. The average Bonchev–Trinajstić information content (AvgIpc) is 1.38. The molecule has 0 bridgehead atoms. The third-order valence-electron chi connectivity index (χ3n) is 0.0825. The molecule has 0 aliphatic carbocycles. The molecule has 5 heavy (non-hydrogen) atoms. The van der Waals surface area contributed by atoms with Crippen LogP contribution in [0.2, 0.25) is 0 Å². The smallest absolute Gasteiger partial charge is 0.238 e. The molecule has 0 heterocycles. The molecule has 0 aliphatic heterocycles. The highest BCUT2D eigenvalue weighted by Gasteiger charge is 1.84. The normalized spacial score (nSPS) is 7.00. The molecule has 0 aliphatic rings. The summed E-state index contributed by atoms with van der Waals surface area (Å²) in [4.78, 5) is 0. The first-order chi connectivity index (χ1) is 2.27. The van der Waals surface area contributed by atoms with Crippen molar-refractivity contribution in [2.75, 3.05) is 0 Å². The van der Waals surface area contributed by atoms with Gasteiger partial charge in [0.15, 0.2) is 0 Å². The molecule has 0 N–H and O–H groups in total. The summed E-state index contributed by atoms with van der Waals surface area (Å²) < 4.78 is 31.2. The molecule has 0 amide bonds. The van der Waals surface area contributed by atoms with Crippen LogP contribution in [0.3, 0.4) is 0 Å². The van der Waals surface area contributed by atoms with Gasteiger partial charge in [0.2, 0.25) is 0 Å². The SMILES string of the molecule is FC=[Si](F)F. The van der Waals surface area contributed by atoms with Crippen LogP contribution in [0.1, 0.15) is 0 Å². The highest BCUT2D eigenvalue weighted by molar-refractivity contribution is 6.51. The monoisotopic (exact) mass is 98.0 g/mol. The highest BCUT2D eigenvalue weighted by atomic mass is 28.3. The maximum atomic E-state index is 10.4. The Morgan fingerprint density at radius 3 is 1.60 bits per heavy atom. The zero-order valence-corrected chi connectivity index (χ0v) is 3.21. The van der Waals surface area contributed by atoms with Crippen molar-refractivity contribution in [3.8, 4) is 0 Å². The van der Waals surface area contributed by atoms with E-state index in [4.69, 9.17) is 0 Å². The second kappa shape index (κ2) is 2.13. The molecule has 30 valence electrons. The van der Waals surface area contributed by atoms with Crippen molar-refractivity contribution in [2.24, 2.45) is 0 Å². The summed E-state index contributed by atoms with van der Waals surface area (Å²) in [6.45, 7) is 0. The van der Waals surface area contributed by atoms with Crippen molar-refractivity contribution in [3.63, 3.8) is 0 Å². The molecule has 0 saturated carbocycles. The van der Waals surface area contributed by atoms with Gasteiger partial charge in [-0.25, -0.2) is 12.6 Å². The minimum absolute atomic E-state index is 0.565. The summed E-state index contributed by atoms with van der Waals surface area (Å²) >= 11 is 0. The van der Waals surface area contributed by atoms with Crippen molar-refractivity contribution < 1.29 is 12.6 Å². The molecule has 0 atom stereocenters. The summed E-state index contributed by atoms with van der Waals surface area (Å²) in [5, 5.41) is 0. The molecule has 0 aromatic carbocycles.